The van der Waals surface area contributed by atoms with Gasteiger partial charge in [0.15, 0.2) is 0 Å². The summed E-state index contributed by atoms with van der Waals surface area (Å²) in [6.07, 6.45) is 0. The first-order valence-electron chi connectivity index (χ1n) is 9.07. The van der Waals surface area contributed by atoms with E-state index >= 15 is 0 Å². The Hall–Kier alpha value is -3.49. The van der Waals surface area contributed by atoms with E-state index in [1.807, 2.05) is 48.5 Å². The lowest BCUT2D eigenvalue weighted by Crippen LogP contribution is -2.38. The van der Waals surface area contributed by atoms with Gasteiger partial charge in [0.25, 0.3) is 0 Å². The monoisotopic (exact) mass is 403 g/mol. The van der Waals surface area contributed by atoms with Crippen LogP contribution in [0.5, 0.6) is 23.0 Å². The molecule has 0 aliphatic carbocycles. The van der Waals surface area contributed by atoms with Crippen LogP contribution < -0.4 is 21.2 Å². The summed E-state index contributed by atoms with van der Waals surface area (Å²) in [5.74, 6) is 0.700. The molecular weight excluding hydrogens is 383 g/mol. The van der Waals surface area contributed by atoms with Crippen molar-refractivity contribution in [2.24, 2.45) is 0 Å². The van der Waals surface area contributed by atoms with Crippen LogP contribution >= 0.6 is 7.26 Å². The molecule has 0 aliphatic heterocycles. The number of hydrogen-bond acceptors (Lipinski definition) is 4. The van der Waals surface area contributed by atoms with Crippen molar-refractivity contribution < 1.29 is 20.4 Å². The van der Waals surface area contributed by atoms with Gasteiger partial charge in [0.2, 0.25) is 0 Å². The van der Waals surface area contributed by atoms with Crippen molar-refractivity contribution in [3.63, 3.8) is 0 Å². The van der Waals surface area contributed by atoms with Crippen LogP contribution in [0.2, 0.25) is 0 Å². The van der Waals surface area contributed by atoms with Crippen LogP contribution in [0.15, 0.2) is 97.1 Å². The van der Waals surface area contributed by atoms with E-state index in [1.165, 1.54) is 0 Å². The minimum atomic E-state index is -2.43. The summed E-state index contributed by atoms with van der Waals surface area (Å²) in [5, 5.41) is 43.4. The topological polar surface area (TPSA) is 80.9 Å². The van der Waals surface area contributed by atoms with Gasteiger partial charge in [0, 0.05) is 0 Å². The lowest BCUT2D eigenvalue weighted by Gasteiger charge is -2.27. The number of rotatable bonds is 4. The molecule has 0 fully saturated rings. The van der Waals surface area contributed by atoms with Crippen molar-refractivity contribution in [2.45, 2.75) is 0 Å². The second-order valence-corrected chi connectivity index (χ2v) is 10.1. The first kappa shape index (κ1) is 18.9. The van der Waals surface area contributed by atoms with E-state index in [4.69, 9.17) is 0 Å². The van der Waals surface area contributed by atoms with Crippen molar-refractivity contribution in [2.75, 3.05) is 0 Å². The van der Waals surface area contributed by atoms with Crippen molar-refractivity contribution in [1.29, 1.82) is 0 Å². The predicted octanol–water partition coefficient (Wildman–Crippen LogP) is 3.13. The van der Waals surface area contributed by atoms with E-state index in [-0.39, 0.29) is 23.0 Å². The Morgan fingerprint density at radius 3 is 0.655 bits per heavy atom. The molecule has 4 aromatic carbocycles. The normalized spacial score (nSPS) is 11.3. The van der Waals surface area contributed by atoms with Crippen LogP contribution in [-0.2, 0) is 0 Å². The van der Waals surface area contributed by atoms with Crippen LogP contribution in [-0.4, -0.2) is 20.4 Å². The highest BCUT2D eigenvalue weighted by atomic mass is 31.2. The molecule has 4 rings (SSSR count). The molecule has 0 saturated carbocycles. The number of hydrogen-bond donors (Lipinski definition) is 4. The molecule has 5 heteroatoms. The van der Waals surface area contributed by atoms with Crippen LogP contribution in [0.3, 0.4) is 0 Å². The maximum Gasteiger partial charge on any atom is 0.144 e. The van der Waals surface area contributed by atoms with Gasteiger partial charge in [-0.25, -0.2) is 0 Å². The summed E-state index contributed by atoms with van der Waals surface area (Å²) < 4.78 is 0. The molecule has 4 N–H and O–H groups in total. The van der Waals surface area contributed by atoms with Crippen LogP contribution in [0.4, 0.5) is 0 Å². The third kappa shape index (κ3) is 3.39. The predicted molar refractivity (Wildman–Crippen MR) is 118 cm³/mol. The molecule has 0 unspecified atom stereocenters. The molecular formula is C24H20O4P+. The Balaban J connectivity index is 2.11. The maximum atomic E-state index is 9.86. The van der Waals surface area contributed by atoms with Crippen molar-refractivity contribution in [3.8, 4) is 23.0 Å². The van der Waals surface area contributed by atoms with Gasteiger partial charge in [-0.15, -0.1) is 0 Å². The van der Waals surface area contributed by atoms with Gasteiger partial charge in [-0.3, -0.25) is 0 Å². The van der Waals surface area contributed by atoms with E-state index < -0.39 is 7.26 Å². The van der Waals surface area contributed by atoms with Crippen LogP contribution in [0.25, 0.3) is 0 Å². The molecule has 0 aromatic heterocycles. The third-order valence-electron chi connectivity index (χ3n) is 4.95. The first-order valence-corrected chi connectivity index (χ1v) is 10.9. The highest BCUT2D eigenvalue weighted by molar-refractivity contribution is 8.01. The van der Waals surface area contributed by atoms with Crippen molar-refractivity contribution in [3.05, 3.63) is 97.1 Å². The van der Waals surface area contributed by atoms with Gasteiger partial charge in [-0.05, 0) is 97.1 Å². The molecule has 0 atom stereocenters. The van der Waals surface area contributed by atoms with Gasteiger partial charge < -0.3 is 20.4 Å². The highest BCUT2D eigenvalue weighted by Gasteiger charge is 2.48. The Morgan fingerprint density at radius 1 is 0.310 bits per heavy atom. The number of benzene rings is 4. The third-order valence-corrected chi connectivity index (χ3v) is 9.24. The average molecular weight is 403 g/mol. The SMILES string of the molecule is Oc1ccc([P+](c2ccc(O)cc2)(c2ccc(O)cc2)c2ccc(O)cc2)cc1. The van der Waals surface area contributed by atoms with E-state index in [2.05, 4.69) is 0 Å². The van der Waals surface area contributed by atoms with Gasteiger partial charge >= 0.3 is 0 Å². The fourth-order valence-corrected chi connectivity index (χ4v) is 7.77. The zero-order chi connectivity index (χ0) is 20.4. The number of phenols is 4. The van der Waals surface area contributed by atoms with Crippen LogP contribution in [0.1, 0.15) is 0 Å². The summed E-state index contributed by atoms with van der Waals surface area (Å²) in [7, 11) is -2.43. The van der Waals surface area contributed by atoms with E-state index in [0.29, 0.717) is 0 Å². The highest BCUT2D eigenvalue weighted by Crippen LogP contribution is 2.54. The molecule has 0 spiro atoms. The zero-order valence-corrected chi connectivity index (χ0v) is 16.4. The lowest BCUT2D eigenvalue weighted by atomic mass is 10.3. The Bertz CT molecular complexity index is 916. The molecule has 0 bridgehead atoms. The van der Waals surface area contributed by atoms with E-state index in [0.717, 1.165) is 21.2 Å². The average Bonchev–Trinajstić information content (AvgIpc) is 2.73. The summed E-state index contributed by atoms with van der Waals surface area (Å²) in [6.45, 7) is 0. The Kier molecular flexibility index (Phi) is 4.87. The van der Waals surface area contributed by atoms with E-state index in [9.17, 15) is 20.4 Å². The Labute approximate surface area is 169 Å². The van der Waals surface area contributed by atoms with Crippen molar-refractivity contribution in [1.82, 2.24) is 0 Å². The minimum Gasteiger partial charge on any atom is -0.508 e. The number of aromatic hydroxyl groups is 4. The molecule has 29 heavy (non-hydrogen) atoms. The molecule has 0 amide bonds. The van der Waals surface area contributed by atoms with Gasteiger partial charge in [0.1, 0.15) is 51.5 Å². The molecule has 4 aromatic rings. The summed E-state index contributed by atoms with van der Waals surface area (Å²) in [4.78, 5) is 0. The Morgan fingerprint density at radius 2 is 0.483 bits per heavy atom. The smallest absolute Gasteiger partial charge is 0.144 e. The zero-order valence-electron chi connectivity index (χ0n) is 15.5. The largest absolute Gasteiger partial charge is 0.508 e. The minimum absolute atomic E-state index is 0.175. The van der Waals surface area contributed by atoms with Crippen molar-refractivity contribution >= 4 is 28.5 Å². The molecule has 0 aliphatic rings. The molecule has 4 nitrogen and oxygen atoms in total. The fourth-order valence-electron chi connectivity index (χ4n) is 3.60. The van der Waals surface area contributed by atoms with Crippen LogP contribution in [0, 0.1) is 0 Å². The standard InChI is InChI=1S/C24H19O4P/c25-17-1-9-21(10-2-17)29(22-11-3-18(26)4-12-22,23-13-5-19(27)6-14-23)24-15-7-20(28)8-16-24/h1-16H,(H3-,25,26,27,28)/p+1. The molecule has 0 saturated heterocycles. The maximum absolute atomic E-state index is 9.86. The second kappa shape index (κ2) is 7.50. The van der Waals surface area contributed by atoms with E-state index in [1.54, 1.807) is 48.5 Å². The lowest BCUT2D eigenvalue weighted by molar-refractivity contribution is 0.475. The number of phenolic OH excluding ortho intramolecular Hbond substituents is 4. The molecule has 0 heterocycles. The molecule has 0 radical (unpaired) electrons. The molecule has 144 valence electrons. The fraction of sp³-hybridized carbons (Fsp3) is 0. The summed E-state index contributed by atoms with van der Waals surface area (Å²) in [6, 6.07) is 28.5. The van der Waals surface area contributed by atoms with Gasteiger partial charge in [-0.1, -0.05) is 0 Å². The summed E-state index contributed by atoms with van der Waals surface area (Å²) in [5.41, 5.74) is 0. The summed E-state index contributed by atoms with van der Waals surface area (Å²) >= 11 is 0. The quantitative estimate of drug-likeness (QED) is 0.395. The van der Waals surface area contributed by atoms with Gasteiger partial charge in [-0.2, -0.15) is 0 Å². The first-order chi connectivity index (χ1) is 14.0. The van der Waals surface area contributed by atoms with Gasteiger partial charge in [0.05, 0.1) is 0 Å². The second-order valence-electron chi connectivity index (χ2n) is 6.74.